The van der Waals surface area contributed by atoms with Crippen molar-refractivity contribution in [3.63, 3.8) is 0 Å². The number of benzene rings is 2. The quantitative estimate of drug-likeness (QED) is 0.804. The number of fused-ring (bicyclic) bond motifs is 1. The second kappa shape index (κ2) is 4.99. The largest absolute Gasteiger partial charge is 0.308 e. The summed E-state index contributed by atoms with van der Waals surface area (Å²) in [6.07, 6.45) is 0.805. The Morgan fingerprint density at radius 2 is 2.10 bits per heavy atom. The zero-order valence-corrected chi connectivity index (χ0v) is 11.4. The van der Waals surface area contributed by atoms with Crippen LogP contribution in [0.2, 0.25) is 5.02 Å². The number of carbonyl (C=O) groups is 1. The highest BCUT2D eigenvalue weighted by atomic mass is 35.5. The Balaban J connectivity index is 1.96. The minimum absolute atomic E-state index is 0.0804. The molecule has 0 saturated heterocycles. The zero-order chi connectivity index (χ0) is 14.1. The number of rotatable bonds is 1. The average Bonchev–Trinajstić information content (AvgIpc) is 2.89. The molecule has 4 heteroatoms. The standard InChI is InChI=1S/C16H11ClN2O/c17-14-4-5-15-12(9-14)6-7-19(15)16(20)13-3-1-2-11(8-13)10-18/h1-5,8-9H,6-7H2. The van der Waals surface area contributed by atoms with Crippen LogP contribution in [0.4, 0.5) is 5.69 Å². The minimum Gasteiger partial charge on any atom is -0.308 e. The fourth-order valence-corrected chi connectivity index (χ4v) is 2.65. The Morgan fingerprint density at radius 1 is 1.25 bits per heavy atom. The van der Waals surface area contributed by atoms with Crippen LogP contribution in [0.15, 0.2) is 42.5 Å². The molecule has 2 aromatic carbocycles. The summed E-state index contributed by atoms with van der Waals surface area (Å²) in [4.78, 5) is 14.3. The Labute approximate surface area is 122 Å². The molecule has 1 amide bonds. The molecule has 0 saturated carbocycles. The fourth-order valence-electron chi connectivity index (χ4n) is 2.46. The van der Waals surface area contributed by atoms with Gasteiger partial charge in [0.1, 0.15) is 0 Å². The van der Waals surface area contributed by atoms with Crippen LogP contribution >= 0.6 is 11.6 Å². The van der Waals surface area contributed by atoms with Crippen molar-refractivity contribution >= 4 is 23.2 Å². The highest BCUT2D eigenvalue weighted by molar-refractivity contribution is 6.30. The smallest absolute Gasteiger partial charge is 0.258 e. The average molecular weight is 283 g/mol. The summed E-state index contributed by atoms with van der Waals surface area (Å²) < 4.78 is 0. The van der Waals surface area contributed by atoms with Crippen molar-refractivity contribution in [1.29, 1.82) is 5.26 Å². The first-order chi connectivity index (χ1) is 9.69. The van der Waals surface area contributed by atoms with Crippen molar-refractivity contribution in [3.8, 4) is 6.07 Å². The van der Waals surface area contributed by atoms with E-state index < -0.39 is 0 Å². The number of halogens is 1. The Hall–Kier alpha value is -2.31. The normalized spacial score (nSPS) is 12.9. The van der Waals surface area contributed by atoms with E-state index in [9.17, 15) is 4.79 Å². The second-order valence-electron chi connectivity index (χ2n) is 4.67. The summed E-state index contributed by atoms with van der Waals surface area (Å²) in [5, 5.41) is 9.59. The van der Waals surface area contributed by atoms with Crippen molar-refractivity contribution in [2.45, 2.75) is 6.42 Å². The molecule has 0 aromatic heterocycles. The van der Waals surface area contributed by atoms with Gasteiger partial charge in [0.05, 0.1) is 11.6 Å². The highest BCUT2D eigenvalue weighted by Crippen LogP contribution is 2.31. The van der Waals surface area contributed by atoms with Gasteiger partial charge in [0.25, 0.3) is 5.91 Å². The Kier molecular flexibility index (Phi) is 3.17. The Bertz CT molecular complexity index is 733. The summed E-state index contributed by atoms with van der Waals surface area (Å²) in [7, 11) is 0. The van der Waals surface area contributed by atoms with E-state index in [-0.39, 0.29) is 5.91 Å². The number of hydrogen-bond donors (Lipinski definition) is 0. The van der Waals surface area contributed by atoms with Crippen molar-refractivity contribution in [3.05, 3.63) is 64.2 Å². The van der Waals surface area contributed by atoms with Gasteiger partial charge in [-0.15, -0.1) is 0 Å². The number of amides is 1. The van der Waals surface area contributed by atoms with E-state index in [0.29, 0.717) is 22.7 Å². The molecular weight excluding hydrogens is 272 g/mol. The van der Waals surface area contributed by atoms with Crippen LogP contribution in [-0.4, -0.2) is 12.5 Å². The van der Waals surface area contributed by atoms with Crippen molar-refractivity contribution in [2.75, 3.05) is 11.4 Å². The number of nitriles is 1. The molecule has 1 aliphatic rings. The molecule has 0 radical (unpaired) electrons. The molecule has 0 N–H and O–H groups in total. The Morgan fingerprint density at radius 3 is 2.90 bits per heavy atom. The predicted octanol–water partition coefficient (Wildman–Crippen LogP) is 3.41. The number of hydrogen-bond acceptors (Lipinski definition) is 2. The molecule has 2 aromatic rings. The van der Waals surface area contributed by atoms with Gasteiger partial charge < -0.3 is 4.90 Å². The highest BCUT2D eigenvalue weighted by Gasteiger charge is 2.25. The van der Waals surface area contributed by atoms with Gasteiger partial charge in [0.15, 0.2) is 0 Å². The molecule has 0 aliphatic carbocycles. The van der Waals surface area contributed by atoms with E-state index in [2.05, 4.69) is 6.07 Å². The lowest BCUT2D eigenvalue weighted by atomic mass is 10.1. The molecule has 0 spiro atoms. The van der Waals surface area contributed by atoms with Gasteiger partial charge in [-0.05, 0) is 48.4 Å². The summed E-state index contributed by atoms with van der Waals surface area (Å²) >= 11 is 5.97. The van der Waals surface area contributed by atoms with Gasteiger partial charge in [-0.3, -0.25) is 4.79 Å². The van der Waals surface area contributed by atoms with Crippen molar-refractivity contribution < 1.29 is 4.79 Å². The third-order valence-electron chi connectivity index (χ3n) is 3.42. The summed E-state index contributed by atoms with van der Waals surface area (Å²) in [6, 6.07) is 14.4. The molecule has 1 heterocycles. The van der Waals surface area contributed by atoms with Crippen LogP contribution in [-0.2, 0) is 6.42 Å². The van der Waals surface area contributed by atoms with Gasteiger partial charge in [-0.1, -0.05) is 17.7 Å². The van der Waals surface area contributed by atoms with Crippen LogP contribution < -0.4 is 4.90 Å². The van der Waals surface area contributed by atoms with E-state index in [1.165, 1.54) is 0 Å². The molecule has 3 nitrogen and oxygen atoms in total. The van der Waals surface area contributed by atoms with Gasteiger partial charge in [-0.2, -0.15) is 5.26 Å². The summed E-state index contributed by atoms with van der Waals surface area (Å²) in [5.74, 6) is -0.0804. The van der Waals surface area contributed by atoms with Crippen molar-refractivity contribution in [1.82, 2.24) is 0 Å². The molecule has 0 bridgehead atoms. The third kappa shape index (κ3) is 2.15. The van der Waals surface area contributed by atoms with Gasteiger partial charge in [0, 0.05) is 22.8 Å². The molecule has 1 aliphatic heterocycles. The van der Waals surface area contributed by atoms with Crippen LogP contribution in [0.5, 0.6) is 0 Å². The zero-order valence-electron chi connectivity index (χ0n) is 10.6. The molecule has 0 fully saturated rings. The van der Waals surface area contributed by atoms with Crippen molar-refractivity contribution in [2.24, 2.45) is 0 Å². The molecule has 0 atom stereocenters. The molecule has 0 unspecified atom stereocenters. The van der Waals surface area contributed by atoms with E-state index in [0.717, 1.165) is 17.7 Å². The molecule has 20 heavy (non-hydrogen) atoms. The first kappa shape index (κ1) is 12.7. The van der Waals surface area contributed by atoms with E-state index in [1.54, 1.807) is 35.2 Å². The maximum atomic E-state index is 12.5. The monoisotopic (exact) mass is 282 g/mol. The second-order valence-corrected chi connectivity index (χ2v) is 5.11. The SMILES string of the molecule is N#Cc1cccc(C(=O)N2CCc3cc(Cl)ccc32)c1. The lowest BCUT2D eigenvalue weighted by molar-refractivity contribution is 0.0989. The lowest BCUT2D eigenvalue weighted by Crippen LogP contribution is -2.28. The van der Waals surface area contributed by atoms with Gasteiger partial charge in [-0.25, -0.2) is 0 Å². The molecule has 3 rings (SSSR count). The summed E-state index contributed by atoms with van der Waals surface area (Å²) in [6.45, 7) is 0.644. The topological polar surface area (TPSA) is 44.1 Å². The van der Waals surface area contributed by atoms with E-state index >= 15 is 0 Å². The van der Waals surface area contributed by atoms with E-state index in [4.69, 9.17) is 16.9 Å². The first-order valence-electron chi connectivity index (χ1n) is 6.29. The van der Waals surface area contributed by atoms with Crippen LogP contribution in [0, 0.1) is 11.3 Å². The van der Waals surface area contributed by atoms with Gasteiger partial charge in [0.2, 0.25) is 0 Å². The van der Waals surface area contributed by atoms with Crippen LogP contribution in [0.25, 0.3) is 0 Å². The maximum absolute atomic E-state index is 12.5. The number of anilines is 1. The molecule has 98 valence electrons. The lowest BCUT2D eigenvalue weighted by Gasteiger charge is -2.17. The maximum Gasteiger partial charge on any atom is 0.258 e. The molecular formula is C16H11ClN2O. The number of carbonyl (C=O) groups excluding carboxylic acids is 1. The van der Waals surface area contributed by atoms with Crippen LogP contribution in [0.3, 0.4) is 0 Å². The number of nitrogens with zero attached hydrogens (tertiary/aromatic N) is 2. The first-order valence-corrected chi connectivity index (χ1v) is 6.67. The van der Waals surface area contributed by atoms with Gasteiger partial charge >= 0.3 is 0 Å². The predicted molar refractivity (Wildman–Crippen MR) is 78.0 cm³/mol. The minimum atomic E-state index is -0.0804. The third-order valence-corrected chi connectivity index (χ3v) is 3.66. The summed E-state index contributed by atoms with van der Waals surface area (Å²) in [5.41, 5.74) is 3.02. The fraction of sp³-hybridized carbons (Fsp3) is 0.125. The van der Waals surface area contributed by atoms with Crippen LogP contribution in [0.1, 0.15) is 21.5 Å². The van der Waals surface area contributed by atoms with E-state index in [1.807, 2.05) is 12.1 Å².